The number of rotatable bonds is 6. The van der Waals surface area contributed by atoms with Gasteiger partial charge in [0.25, 0.3) is 0 Å². The lowest BCUT2D eigenvalue weighted by atomic mass is 10.1. The van der Waals surface area contributed by atoms with Crippen molar-refractivity contribution in [2.24, 2.45) is 0 Å². The highest BCUT2D eigenvalue weighted by molar-refractivity contribution is 7.88. The third-order valence-corrected chi connectivity index (χ3v) is 5.27. The number of piperidine rings is 1. The van der Waals surface area contributed by atoms with Crippen molar-refractivity contribution >= 4 is 10.0 Å². The molecule has 2 rings (SSSR count). The molecule has 1 aromatic carbocycles. The molecule has 0 radical (unpaired) electrons. The van der Waals surface area contributed by atoms with Crippen LogP contribution >= 0.6 is 0 Å². The summed E-state index contributed by atoms with van der Waals surface area (Å²) >= 11 is 0. The molecule has 1 saturated heterocycles. The average Bonchev–Trinajstić information content (AvgIpc) is 2.52. The van der Waals surface area contributed by atoms with Crippen molar-refractivity contribution in [3.05, 3.63) is 23.8 Å². The number of sulfonamides is 1. The molecular formula is C15H24N2O4S. The lowest BCUT2D eigenvalue weighted by Gasteiger charge is -2.30. The maximum atomic E-state index is 11.5. The predicted octanol–water partition coefficient (Wildman–Crippen LogP) is 1.22. The second kappa shape index (κ2) is 7.30. The molecule has 0 unspecified atom stereocenters. The van der Waals surface area contributed by atoms with Crippen LogP contribution in [0.1, 0.15) is 18.4 Å². The first-order valence-corrected chi connectivity index (χ1v) is 9.18. The van der Waals surface area contributed by atoms with E-state index in [2.05, 4.69) is 5.32 Å². The highest BCUT2D eigenvalue weighted by Gasteiger charge is 2.24. The van der Waals surface area contributed by atoms with Gasteiger partial charge >= 0.3 is 0 Å². The molecule has 0 aromatic heterocycles. The van der Waals surface area contributed by atoms with Gasteiger partial charge in [-0.3, -0.25) is 0 Å². The summed E-state index contributed by atoms with van der Waals surface area (Å²) in [7, 11) is 0.179. The molecule has 22 heavy (non-hydrogen) atoms. The molecule has 1 fully saturated rings. The van der Waals surface area contributed by atoms with Crippen molar-refractivity contribution in [3.63, 3.8) is 0 Å². The number of hydrogen-bond acceptors (Lipinski definition) is 5. The molecule has 0 amide bonds. The van der Waals surface area contributed by atoms with Crippen molar-refractivity contribution in [1.29, 1.82) is 0 Å². The molecule has 6 nitrogen and oxygen atoms in total. The van der Waals surface area contributed by atoms with Gasteiger partial charge in [-0.05, 0) is 30.5 Å². The summed E-state index contributed by atoms with van der Waals surface area (Å²) < 4.78 is 35.0. The fourth-order valence-electron chi connectivity index (χ4n) is 2.64. The lowest BCUT2D eigenvalue weighted by molar-refractivity contribution is 0.290. The van der Waals surface area contributed by atoms with Crippen LogP contribution in [0.3, 0.4) is 0 Å². The van der Waals surface area contributed by atoms with Gasteiger partial charge in [0.15, 0.2) is 11.5 Å². The summed E-state index contributed by atoms with van der Waals surface area (Å²) in [6.45, 7) is 1.90. The van der Waals surface area contributed by atoms with Gasteiger partial charge in [0, 0.05) is 25.7 Å². The number of methoxy groups -OCH3 is 2. The maximum absolute atomic E-state index is 11.5. The van der Waals surface area contributed by atoms with Gasteiger partial charge in [0.2, 0.25) is 10.0 Å². The van der Waals surface area contributed by atoms with Crippen molar-refractivity contribution in [1.82, 2.24) is 9.62 Å². The molecule has 1 aliphatic rings. The monoisotopic (exact) mass is 328 g/mol. The Balaban J connectivity index is 1.87. The van der Waals surface area contributed by atoms with E-state index in [1.807, 2.05) is 18.2 Å². The zero-order valence-electron chi connectivity index (χ0n) is 13.3. The molecule has 1 heterocycles. The Hall–Kier alpha value is -1.31. The summed E-state index contributed by atoms with van der Waals surface area (Å²) in [6, 6.07) is 6.19. The van der Waals surface area contributed by atoms with Gasteiger partial charge < -0.3 is 14.8 Å². The molecule has 0 bridgehead atoms. The van der Waals surface area contributed by atoms with Crippen LogP contribution in [0.2, 0.25) is 0 Å². The van der Waals surface area contributed by atoms with E-state index < -0.39 is 10.0 Å². The minimum Gasteiger partial charge on any atom is -0.493 e. The zero-order chi connectivity index (χ0) is 16.2. The van der Waals surface area contributed by atoms with Gasteiger partial charge in [-0.2, -0.15) is 0 Å². The number of ether oxygens (including phenoxy) is 2. The Kier molecular flexibility index (Phi) is 5.66. The molecule has 1 aromatic rings. The standard InChI is InChI=1S/C15H24N2O4S/c1-20-14-5-4-12(10-15(14)21-2)11-16-13-6-8-17(9-7-13)22(3,18)19/h4-5,10,13,16H,6-9,11H2,1-3H3. The van der Waals surface area contributed by atoms with E-state index in [9.17, 15) is 8.42 Å². The smallest absolute Gasteiger partial charge is 0.211 e. The van der Waals surface area contributed by atoms with Crippen LogP contribution in [0.15, 0.2) is 18.2 Å². The minimum absolute atomic E-state index is 0.339. The second-order valence-electron chi connectivity index (χ2n) is 5.51. The largest absolute Gasteiger partial charge is 0.493 e. The van der Waals surface area contributed by atoms with Crippen molar-refractivity contribution in [2.45, 2.75) is 25.4 Å². The molecular weight excluding hydrogens is 304 g/mol. The van der Waals surface area contributed by atoms with Gasteiger partial charge in [0.05, 0.1) is 20.5 Å². The Labute approximate surface area is 132 Å². The van der Waals surface area contributed by atoms with Crippen LogP contribution in [0.5, 0.6) is 11.5 Å². The highest BCUT2D eigenvalue weighted by atomic mass is 32.2. The van der Waals surface area contributed by atoms with E-state index in [0.29, 0.717) is 30.6 Å². The van der Waals surface area contributed by atoms with E-state index in [-0.39, 0.29) is 0 Å². The highest BCUT2D eigenvalue weighted by Crippen LogP contribution is 2.27. The van der Waals surface area contributed by atoms with Crippen molar-refractivity contribution < 1.29 is 17.9 Å². The molecule has 1 aliphatic heterocycles. The number of nitrogens with zero attached hydrogens (tertiary/aromatic N) is 1. The van der Waals surface area contributed by atoms with E-state index in [0.717, 1.165) is 24.9 Å². The van der Waals surface area contributed by atoms with Crippen LogP contribution in [0.4, 0.5) is 0 Å². The Morgan fingerprint density at radius 3 is 2.36 bits per heavy atom. The van der Waals surface area contributed by atoms with Crippen LogP contribution < -0.4 is 14.8 Å². The summed E-state index contributed by atoms with van der Waals surface area (Å²) in [5.74, 6) is 1.43. The first-order valence-electron chi connectivity index (χ1n) is 7.33. The first kappa shape index (κ1) is 17.1. The summed E-state index contributed by atoms with van der Waals surface area (Å²) in [4.78, 5) is 0. The van der Waals surface area contributed by atoms with Gasteiger partial charge in [-0.15, -0.1) is 0 Å². The quantitative estimate of drug-likeness (QED) is 0.850. The normalized spacial score (nSPS) is 17.4. The molecule has 124 valence electrons. The molecule has 0 aliphatic carbocycles. The van der Waals surface area contributed by atoms with E-state index in [1.54, 1.807) is 18.5 Å². The van der Waals surface area contributed by atoms with Crippen molar-refractivity contribution in [3.8, 4) is 11.5 Å². The van der Waals surface area contributed by atoms with Crippen molar-refractivity contribution in [2.75, 3.05) is 33.6 Å². The topological polar surface area (TPSA) is 67.9 Å². The summed E-state index contributed by atoms with van der Waals surface area (Å²) in [5.41, 5.74) is 1.11. The maximum Gasteiger partial charge on any atom is 0.211 e. The fourth-order valence-corrected chi connectivity index (χ4v) is 3.52. The minimum atomic E-state index is -3.06. The van der Waals surface area contributed by atoms with E-state index in [1.165, 1.54) is 6.26 Å². The average molecular weight is 328 g/mol. The van der Waals surface area contributed by atoms with Gasteiger partial charge in [-0.25, -0.2) is 12.7 Å². The third kappa shape index (κ3) is 4.34. The molecule has 0 saturated carbocycles. The van der Waals surface area contributed by atoms with E-state index in [4.69, 9.17) is 9.47 Å². The zero-order valence-corrected chi connectivity index (χ0v) is 14.1. The lowest BCUT2D eigenvalue weighted by Crippen LogP contribution is -2.44. The van der Waals surface area contributed by atoms with Gasteiger partial charge in [-0.1, -0.05) is 6.07 Å². The second-order valence-corrected chi connectivity index (χ2v) is 7.49. The third-order valence-electron chi connectivity index (χ3n) is 3.97. The molecule has 7 heteroatoms. The summed E-state index contributed by atoms with van der Waals surface area (Å²) in [5, 5.41) is 3.48. The van der Waals surface area contributed by atoms with E-state index >= 15 is 0 Å². The molecule has 0 atom stereocenters. The number of hydrogen-bond donors (Lipinski definition) is 1. The Bertz CT molecular complexity index is 596. The predicted molar refractivity (Wildman–Crippen MR) is 85.8 cm³/mol. The van der Waals surface area contributed by atoms with Gasteiger partial charge in [0.1, 0.15) is 0 Å². The fraction of sp³-hybridized carbons (Fsp3) is 0.600. The number of nitrogens with one attached hydrogen (secondary N) is 1. The Morgan fingerprint density at radius 2 is 1.82 bits per heavy atom. The SMILES string of the molecule is COc1ccc(CNC2CCN(S(C)(=O)=O)CC2)cc1OC. The molecule has 1 N–H and O–H groups in total. The first-order chi connectivity index (χ1) is 10.4. The van der Waals surface area contributed by atoms with Crippen LogP contribution in [-0.2, 0) is 16.6 Å². The van der Waals surface area contributed by atoms with Crippen LogP contribution in [0, 0.1) is 0 Å². The summed E-state index contributed by atoms with van der Waals surface area (Å²) in [6.07, 6.45) is 2.94. The van der Waals surface area contributed by atoms with Crippen LogP contribution in [-0.4, -0.2) is 52.3 Å². The molecule has 0 spiro atoms. The van der Waals surface area contributed by atoms with Crippen LogP contribution in [0.25, 0.3) is 0 Å². The Morgan fingerprint density at radius 1 is 1.18 bits per heavy atom. The number of benzene rings is 1.